The molecule has 3 heterocycles. The van der Waals surface area contributed by atoms with Gasteiger partial charge in [-0.2, -0.15) is 0 Å². The molecule has 1 amide bonds. The maximum atomic E-state index is 13.5. The Balaban J connectivity index is 1.61. The number of fused-ring (bicyclic) bond motifs is 1. The van der Waals surface area contributed by atoms with Crippen LogP contribution >= 0.6 is 0 Å². The van der Waals surface area contributed by atoms with Gasteiger partial charge in [-0.3, -0.25) is 14.5 Å². The van der Waals surface area contributed by atoms with Crippen molar-refractivity contribution >= 4 is 16.9 Å². The van der Waals surface area contributed by atoms with E-state index < -0.39 is 0 Å². The minimum Gasteiger partial charge on any atom is -0.460 e. The van der Waals surface area contributed by atoms with Crippen molar-refractivity contribution in [1.29, 1.82) is 0 Å². The maximum absolute atomic E-state index is 13.5. The molecule has 0 saturated carbocycles. The van der Waals surface area contributed by atoms with Crippen LogP contribution in [-0.2, 0) is 6.54 Å². The minimum atomic E-state index is -0.347. The first-order valence-electron chi connectivity index (χ1n) is 10.9. The lowest BCUT2D eigenvalue weighted by atomic mass is 10.1. The zero-order valence-electron chi connectivity index (χ0n) is 18.1. The molecule has 3 aromatic rings. The monoisotopic (exact) mass is 425 g/mol. The Kier molecular flexibility index (Phi) is 6.23. The number of carbonyl (C=O) groups is 1. The van der Waals surface area contributed by atoms with Gasteiger partial charge >= 0.3 is 0 Å². The van der Waals surface area contributed by atoms with Crippen LogP contribution in [0.2, 0.25) is 0 Å². The molecule has 0 N–H and O–H groups in total. The number of hydrogen-bond donors (Lipinski definition) is 0. The van der Waals surface area contributed by atoms with E-state index in [0.29, 0.717) is 40.9 Å². The van der Waals surface area contributed by atoms with E-state index >= 15 is 0 Å². The first kappa shape index (κ1) is 21.3. The highest BCUT2D eigenvalue weighted by atomic mass is 19.1. The summed E-state index contributed by atoms with van der Waals surface area (Å²) >= 11 is 0. The smallest absolute Gasteiger partial charge is 0.262 e. The number of nitrogens with zero attached hydrogens (tertiary/aromatic N) is 3. The van der Waals surface area contributed by atoms with E-state index in [1.165, 1.54) is 16.7 Å². The number of pyridine rings is 1. The summed E-state index contributed by atoms with van der Waals surface area (Å²) < 4.78 is 20.8. The third-order valence-electron chi connectivity index (χ3n) is 5.94. The molecule has 0 aliphatic carbocycles. The molecule has 0 radical (unpaired) electrons. The van der Waals surface area contributed by atoms with Crippen molar-refractivity contribution < 1.29 is 13.6 Å². The summed E-state index contributed by atoms with van der Waals surface area (Å²) in [5, 5.41) is 0.301. The molecule has 0 spiro atoms. The molecule has 4 rings (SSSR count). The van der Waals surface area contributed by atoms with Crippen LogP contribution in [0.4, 0.5) is 4.39 Å². The van der Waals surface area contributed by atoms with Gasteiger partial charge in [0.1, 0.15) is 17.2 Å². The lowest BCUT2D eigenvalue weighted by Gasteiger charge is -2.34. The molecule has 1 fully saturated rings. The number of carbonyl (C=O) groups excluding carboxylic acids is 1. The average molecular weight is 426 g/mol. The Labute approximate surface area is 180 Å². The predicted molar refractivity (Wildman–Crippen MR) is 118 cm³/mol. The number of amides is 1. The van der Waals surface area contributed by atoms with E-state index in [0.717, 1.165) is 32.5 Å². The molecule has 1 aliphatic heterocycles. The second kappa shape index (κ2) is 9.06. The summed E-state index contributed by atoms with van der Waals surface area (Å²) in [5.74, 6) is -0.0549. The molecule has 0 unspecified atom stereocenters. The maximum Gasteiger partial charge on any atom is 0.262 e. The van der Waals surface area contributed by atoms with Crippen molar-refractivity contribution in [1.82, 2.24) is 14.4 Å². The average Bonchev–Trinajstić information content (AvgIpc) is 3.11. The number of aryl methyl sites for hydroxylation is 1. The summed E-state index contributed by atoms with van der Waals surface area (Å²) in [6.45, 7) is 8.12. The van der Waals surface area contributed by atoms with Crippen molar-refractivity contribution in [2.24, 2.45) is 0 Å². The van der Waals surface area contributed by atoms with Gasteiger partial charge in [-0.15, -0.1) is 0 Å². The van der Waals surface area contributed by atoms with Crippen LogP contribution in [0.3, 0.4) is 0 Å². The molecule has 7 heteroatoms. The zero-order chi connectivity index (χ0) is 22.0. The highest BCUT2D eigenvalue weighted by Gasteiger charge is 2.28. The fourth-order valence-corrected chi connectivity index (χ4v) is 4.19. The molecule has 164 valence electrons. The zero-order valence-corrected chi connectivity index (χ0v) is 18.1. The number of unbranched alkanes of at least 4 members (excludes halogenated alkanes) is 1. The summed E-state index contributed by atoms with van der Waals surface area (Å²) in [6, 6.07) is 7.85. The highest BCUT2D eigenvalue weighted by Crippen LogP contribution is 2.25. The number of benzene rings is 1. The highest BCUT2D eigenvalue weighted by molar-refractivity contribution is 6.06. The van der Waals surface area contributed by atoms with E-state index in [1.807, 2.05) is 4.90 Å². The molecule has 2 aromatic heterocycles. The summed E-state index contributed by atoms with van der Waals surface area (Å²) in [5.41, 5.74) is 1.12. The Hall–Kier alpha value is -2.93. The van der Waals surface area contributed by atoms with Crippen LogP contribution in [-0.4, -0.2) is 53.0 Å². The first-order chi connectivity index (χ1) is 15.0. The van der Waals surface area contributed by atoms with E-state index in [-0.39, 0.29) is 23.8 Å². The van der Waals surface area contributed by atoms with Crippen molar-refractivity contribution in [2.45, 2.75) is 33.2 Å². The fraction of sp³-hybridized carbons (Fsp3) is 0.417. The summed E-state index contributed by atoms with van der Waals surface area (Å²) in [7, 11) is 0. The van der Waals surface area contributed by atoms with Gasteiger partial charge in [0.15, 0.2) is 0 Å². The fourth-order valence-electron chi connectivity index (χ4n) is 4.19. The van der Waals surface area contributed by atoms with Gasteiger partial charge in [-0.25, -0.2) is 4.39 Å². The van der Waals surface area contributed by atoms with Crippen molar-refractivity contribution in [3.8, 4) is 0 Å². The predicted octanol–water partition coefficient (Wildman–Crippen LogP) is 3.65. The quantitative estimate of drug-likeness (QED) is 0.605. The van der Waals surface area contributed by atoms with Crippen LogP contribution < -0.4 is 5.56 Å². The number of furan rings is 1. The van der Waals surface area contributed by atoms with E-state index in [1.54, 1.807) is 31.3 Å². The lowest BCUT2D eigenvalue weighted by Crippen LogP contribution is -2.49. The molecule has 0 bridgehead atoms. The standard InChI is InChI=1S/C24H28FN3O3/c1-3-4-9-26-11-13-27(14-12-26)23(29)21-17(2)31-20-8-10-28(24(30)22(20)21)16-18-6-5-7-19(25)15-18/h5-8,10,15H,3-4,9,11-14,16H2,1-2H3. The normalized spacial score (nSPS) is 15.0. The van der Waals surface area contributed by atoms with Crippen molar-refractivity contribution in [3.05, 3.63) is 69.6 Å². The third-order valence-corrected chi connectivity index (χ3v) is 5.94. The third kappa shape index (κ3) is 4.42. The van der Waals surface area contributed by atoms with Gasteiger partial charge in [-0.05, 0) is 43.7 Å². The van der Waals surface area contributed by atoms with Gasteiger partial charge in [0.2, 0.25) is 0 Å². The van der Waals surface area contributed by atoms with Gasteiger partial charge in [0.05, 0.1) is 17.5 Å². The second-order valence-corrected chi connectivity index (χ2v) is 8.14. The van der Waals surface area contributed by atoms with Crippen molar-refractivity contribution in [2.75, 3.05) is 32.7 Å². The Bertz CT molecular complexity index is 1140. The van der Waals surface area contributed by atoms with E-state index in [9.17, 15) is 14.0 Å². The molecule has 31 heavy (non-hydrogen) atoms. The summed E-state index contributed by atoms with van der Waals surface area (Å²) in [4.78, 5) is 30.8. The minimum absolute atomic E-state index is 0.160. The Morgan fingerprint density at radius 2 is 1.94 bits per heavy atom. The summed E-state index contributed by atoms with van der Waals surface area (Å²) in [6.07, 6.45) is 3.94. The Morgan fingerprint density at radius 3 is 2.65 bits per heavy atom. The van der Waals surface area contributed by atoms with Gasteiger partial charge in [0.25, 0.3) is 11.5 Å². The van der Waals surface area contributed by atoms with Crippen LogP contribution in [0.5, 0.6) is 0 Å². The van der Waals surface area contributed by atoms with Crippen LogP contribution in [0.15, 0.2) is 45.7 Å². The number of rotatable bonds is 6. The van der Waals surface area contributed by atoms with Gasteiger partial charge in [-0.1, -0.05) is 25.5 Å². The number of piperazine rings is 1. The molecule has 1 aliphatic rings. The van der Waals surface area contributed by atoms with Crippen LogP contribution in [0.25, 0.3) is 11.0 Å². The van der Waals surface area contributed by atoms with E-state index in [2.05, 4.69) is 11.8 Å². The topological polar surface area (TPSA) is 58.7 Å². The Morgan fingerprint density at radius 1 is 1.16 bits per heavy atom. The molecular formula is C24H28FN3O3. The molecular weight excluding hydrogens is 397 g/mol. The molecule has 1 aromatic carbocycles. The number of hydrogen-bond acceptors (Lipinski definition) is 4. The van der Waals surface area contributed by atoms with Crippen molar-refractivity contribution in [3.63, 3.8) is 0 Å². The van der Waals surface area contributed by atoms with Crippen LogP contribution in [0, 0.1) is 12.7 Å². The van der Waals surface area contributed by atoms with Gasteiger partial charge < -0.3 is 13.9 Å². The first-order valence-corrected chi connectivity index (χ1v) is 10.9. The number of aromatic nitrogens is 1. The van der Waals surface area contributed by atoms with E-state index in [4.69, 9.17) is 4.42 Å². The lowest BCUT2D eigenvalue weighted by molar-refractivity contribution is 0.0635. The molecule has 0 atom stereocenters. The van der Waals surface area contributed by atoms with Crippen LogP contribution in [0.1, 0.15) is 41.4 Å². The largest absolute Gasteiger partial charge is 0.460 e. The SMILES string of the molecule is CCCCN1CCN(C(=O)c2c(C)oc3ccn(Cc4cccc(F)c4)c(=O)c23)CC1. The number of halogens is 1. The van der Waals surface area contributed by atoms with Gasteiger partial charge in [0, 0.05) is 32.4 Å². The second-order valence-electron chi connectivity index (χ2n) is 8.14. The molecule has 6 nitrogen and oxygen atoms in total. The molecule has 1 saturated heterocycles.